The number of hydrogen-bond donors (Lipinski definition) is 2. The van der Waals surface area contributed by atoms with Gasteiger partial charge in [0.25, 0.3) is 0 Å². The highest BCUT2D eigenvalue weighted by Gasteiger charge is 2.09. The van der Waals surface area contributed by atoms with Crippen molar-refractivity contribution in [1.29, 1.82) is 0 Å². The molecular weight excluding hydrogens is 376 g/mol. The van der Waals surface area contributed by atoms with Crippen LogP contribution in [-0.4, -0.2) is 22.2 Å². The van der Waals surface area contributed by atoms with E-state index < -0.39 is 0 Å². The molecule has 0 aliphatic heterocycles. The van der Waals surface area contributed by atoms with Gasteiger partial charge in [-0.05, 0) is 35.7 Å². The fourth-order valence-corrected chi connectivity index (χ4v) is 3.33. The van der Waals surface area contributed by atoms with Gasteiger partial charge in [-0.2, -0.15) is 0 Å². The SMILES string of the molecule is CCOCc1ccccc1CNC(=O)Nc1cccc(Cn2ccnc2C(C)C)c1. The Kier molecular flexibility index (Phi) is 7.63. The van der Waals surface area contributed by atoms with Crippen molar-refractivity contribution in [3.63, 3.8) is 0 Å². The molecule has 0 radical (unpaired) electrons. The fraction of sp³-hybridized carbons (Fsp3) is 0.333. The highest BCUT2D eigenvalue weighted by Crippen LogP contribution is 2.16. The van der Waals surface area contributed by atoms with Crippen molar-refractivity contribution in [3.8, 4) is 0 Å². The van der Waals surface area contributed by atoms with Crippen molar-refractivity contribution < 1.29 is 9.53 Å². The molecule has 0 aliphatic carbocycles. The lowest BCUT2D eigenvalue weighted by atomic mass is 10.1. The monoisotopic (exact) mass is 406 g/mol. The molecule has 0 saturated heterocycles. The molecule has 1 aromatic heterocycles. The van der Waals surface area contributed by atoms with Crippen LogP contribution < -0.4 is 10.6 Å². The van der Waals surface area contributed by atoms with Gasteiger partial charge in [0.1, 0.15) is 5.82 Å². The summed E-state index contributed by atoms with van der Waals surface area (Å²) in [4.78, 5) is 16.8. The number of nitrogens with one attached hydrogen (secondary N) is 2. The van der Waals surface area contributed by atoms with Crippen LogP contribution in [0.15, 0.2) is 60.9 Å². The molecule has 0 aliphatic rings. The van der Waals surface area contributed by atoms with Crippen molar-refractivity contribution in [1.82, 2.24) is 14.9 Å². The van der Waals surface area contributed by atoms with Crippen LogP contribution in [0, 0.1) is 0 Å². The number of ether oxygens (including phenoxy) is 1. The van der Waals surface area contributed by atoms with E-state index in [0.717, 1.165) is 34.7 Å². The Balaban J connectivity index is 1.58. The topological polar surface area (TPSA) is 68.2 Å². The Hall–Kier alpha value is -3.12. The third kappa shape index (κ3) is 5.94. The van der Waals surface area contributed by atoms with Crippen LogP contribution in [0.4, 0.5) is 10.5 Å². The molecule has 6 nitrogen and oxygen atoms in total. The molecule has 1 heterocycles. The smallest absolute Gasteiger partial charge is 0.319 e. The van der Waals surface area contributed by atoms with Crippen LogP contribution in [0.5, 0.6) is 0 Å². The molecule has 158 valence electrons. The number of carbonyl (C=O) groups is 1. The molecule has 3 rings (SSSR count). The lowest BCUT2D eigenvalue weighted by Crippen LogP contribution is -2.28. The molecule has 0 spiro atoms. The fourth-order valence-electron chi connectivity index (χ4n) is 3.33. The normalized spacial score (nSPS) is 10.9. The van der Waals surface area contributed by atoms with Crippen LogP contribution >= 0.6 is 0 Å². The van der Waals surface area contributed by atoms with E-state index in [1.165, 1.54) is 0 Å². The first kappa shape index (κ1) is 21.6. The average molecular weight is 407 g/mol. The maximum atomic E-state index is 12.4. The summed E-state index contributed by atoms with van der Waals surface area (Å²) in [5.41, 5.74) is 4.01. The van der Waals surface area contributed by atoms with Gasteiger partial charge in [0.2, 0.25) is 0 Å². The number of hydrogen-bond acceptors (Lipinski definition) is 3. The average Bonchev–Trinajstić information content (AvgIpc) is 3.20. The third-order valence-electron chi connectivity index (χ3n) is 4.82. The Labute approximate surface area is 178 Å². The Bertz CT molecular complexity index is 965. The van der Waals surface area contributed by atoms with Gasteiger partial charge in [-0.25, -0.2) is 9.78 Å². The molecule has 0 fully saturated rings. The second kappa shape index (κ2) is 10.6. The van der Waals surface area contributed by atoms with E-state index in [2.05, 4.69) is 40.1 Å². The van der Waals surface area contributed by atoms with E-state index in [4.69, 9.17) is 4.74 Å². The predicted molar refractivity (Wildman–Crippen MR) is 119 cm³/mol. The second-order valence-electron chi connectivity index (χ2n) is 7.48. The number of imidazole rings is 1. The second-order valence-corrected chi connectivity index (χ2v) is 7.48. The molecule has 0 bridgehead atoms. The minimum Gasteiger partial charge on any atom is -0.377 e. The molecule has 30 heavy (non-hydrogen) atoms. The maximum Gasteiger partial charge on any atom is 0.319 e. The summed E-state index contributed by atoms with van der Waals surface area (Å²) in [5.74, 6) is 1.41. The Morgan fingerprint density at radius 2 is 1.93 bits per heavy atom. The molecule has 3 aromatic rings. The number of rotatable bonds is 9. The van der Waals surface area contributed by atoms with Crippen molar-refractivity contribution >= 4 is 11.7 Å². The number of amides is 2. The van der Waals surface area contributed by atoms with Gasteiger partial charge in [-0.3, -0.25) is 0 Å². The molecular formula is C24H30N4O2. The summed E-state index contributed by atoms with van der Waals surface area (Å²) < 4.78 is 7.65. The largest absolute Gasteiger partial charge is 0.377 e. The Morgan fingerprint density at radius 1 is 1.13 bits per heavy atom. The minimum atomic E-state index is -0.233. The van der Waals surface area contributed by atoms with Crippen molar-refractivity contribution in [2.45, 2.75) is 46.4 Å². The standard InChI is InChI=1S/C24H30N4O2/c1-4-30-17-21-10-6-5-9-20(21)15-26-24(29)27-22-11-7-8-19(14-22)16-28-13-12-25-23(28)18(2)3/h5-14,18H,4,15-17H2,1-3H3,(H2,26,27,29). The number of anilines is 1. The van der Waals surface area contributed by atoms with Crippen LogP contribution in [0.2, 0.25) is 0 Å². The zero-order valence-corrected chi connectivity index (χ0v) is 17.9. The predicted octanol–water partition coefficient (Wildman–Crippen LogP) is 4.91. The van der Waals surface area contributed by atoms with E-state index in [0.29, 0.717) is 25.7 Å². The molecule has 2 N–H and O–H groups in total. The maximum absolute atomic E-state index is 12.4. The summed E-state index contributed by atoms with van der Waals surface area (Å²) in [7, 11) is 0. The molecule has 0 unspecified atom stereocenters. The quantitative estimate of drug-likeness (QED) is 0.530. The Morgan fingerprint density at radius 3 is 2.70 bits per heavy atom. The molecule has 2 amide bonds. The summed E-state index contributed by atoms with van der Waals surface area (Å²) in [5, 5.41) is 5.86. The first-order valence-electron chi connectivity index (χ1n) is 10.4. The van der Waals surface area contributed by atoms with Crippen LogP contribution in [0.1, 0.15) is 49.2 Å². The van der Waals surface area contributed by atoms with Gasteiger partial charge in [0, 0.05) is 43.7 Å². The zero-order valence-electron chi connectivity index (χ0n) is 17.9. The van der Waals surface area contributed by atoms with E-state index in [-0.39, 0.29) is 6.03 Å². The number of benzene rings is 2. The van der Waals surface area contributed by atoms with Crippen LogP contribution in [0.3, 0.4) is 0 Å². The van der Waals surface area contributed by atoms with E-state index in [1.807, 2.05) is 61.8 Å². The van der Waals surface area contributed by atoms with Gasteiger partial charge in [0.05, 0.1) is 6.61 Å². The summed E-state index contributed by atoms with van der Waals surface area (Å²) in [6.07, 6.45) is 3.82. The van der Waals surface area contributed by atoms with E-state index in [1.54, 1.807) is 0 Å². The molecule has 6 heteroatoms. The van der Waals surface area contributed by atoms with Gasteiger partial charge in [0.15, 0.2) is 0 Å². The summed E-state index contributed by atoms with van der Waals surface area (Å²) in [6, 6.07) is 15.6. The van der Waals surface area contributed by atoms with Crippen LogP contribution in [0.25, 0.3) is 0 Å². The highest BCUT2D eigenvalue weighted by atomic mass is 16.5. The lowest BCUT2D eigenvalue weighted by molar-refractivity contribution is 0.133. The molecule has 0 saturated carbocycles. The van der Waals surface area contributed by atoms with Crippen molar-refractivity contribution in [3.05, 3.63) is 83.4 Å². The number of nitrogens with zero attached hydrogens (tertiary/aromatic N) is 2. The molecule has 2 aromatic carbocycles. The van der Waals surface area contributed by atoms with Crippen molar-refractivity contribution in [2.75, 3.05) is 11.9 Å². The number of carbonyl (C=O) groups excluding carboxylic acids is 1. The van der Waals surface area contributed by atoms with E-state index in [9.17, 15) is 4.79 Å². The van der Waals surface area contributed by atoms with Crippen LogP contribution in [-0.2, 0) is 24.4 Å². The summed E-state index contributed by atoms with van der Waals surface area (Å²) >= 11 is 0. The third-order valence-corrected chi connectivity index (χ3v) is 4.82. The number of urea groups is 1. The van der Waals surface area contributed by atoms with Gasteiger partial charge < -0.3 is 19.9 Å². The highest BCUT2D eigenvalue weighted by molar-refractivity contribution is 5.89. The molecule has 0 atom stereocenters. The zero-order chi connectivity index (χ0) is 21.3. The number of aromatic nitrogens is 2. The first-order valence-corrected chi connectivity index (χ1v) is 10.4. The van der Waals surface area contributed by atoms with Gasteiger partial charge >= 0.3 is 6.03 Å². The van der Waals surface area contributed by atoms with Gasteiger partial charge in [-0.1, -0.05) is 50.2 Å². The van der Waals surface area contributed by atoms with Gasteiger partial charge in [-0.15, -0.1) is 0 Å². The van der Waals surface area contributed by atoms with E-state index >= 15 is 0 Å². The summed E-state index contributed by atoms with van der Waals surface area (Å²) in [6.45, 7) is 8.61. The first-order chi connectivity index (χ1) is 14.6. The van der Waals surface area contributed by atoms with Crippen molar-refractivity contribution in [2.24, 2.45) is 0 Å². The lowest BCUT2D eigenvalue weighted by Gasteiger charge is -2.13. The minimum absolute atomic E-state index is 0.233.